The Kier molecular flexibility index (Phi) is 17.0. The maximum absolute atomic E-state index is 14.3. The number of ketones is 2. The number of Topliss-reactive ketones (excluding diaryl/α,β-unsaturated/α-hetero) is 2. The second-order valence-electron chi connectivity index (χ2n) is 17.2. The van der Waals surface area contributed by atoms with E-state index >= 15 is 0 Å². The lowest BCUT2D eigenvalue weighted by molar-refractivity contribution is -0.302. The number of nitrogens with zero attached hydrogens (tertiary/aromatic N) is 1. The van der Waals surface area contributed by atoms with Gasteiger partial charge < -0.3 is 49.0 Å². The van der Waals surface area contributed by atoms with Crippen LogP contribution in [0.1, 0.15) is 106 Å². The van der Waals surface area contributed by atoms with E-state index in [2.05, 4.69) is 0 Å². The molecule has 3 heterocycles. The first-order chi connectivity index (χ1) is 26.9. The average Bonchev–Trinajstić information content (AvgIpc) is 3.20. The summed E-state index contributed by atoms with van der Waals surface area (Å²) >= 11 is 0. The zero-order valence-electron chi connectivity index (χ0n) is 35.4. The third kappa shape index (κ3) is 10.8. The minimum atomic E-state index is -2.57. The number of piperidine rings is 1. The summed E-state index contributed by atoms with van der Waals surface area (Å²) in [5.41, 5.74) is 1.19. The largest absolute Gasteiger partial charge is 0.456 e. The van der Waals surface area contributed by atoms with Gasteiger partial charge >= 0.3 is 5.97 Å². The molecule has 1 amide bonds. The highest BCUT2D eigenvalue weighted by Gasteiger charge is 2.56. The molecular weight excluding hydrogens is 738 g/mol. The van der Waals surface area contributed by atoms with Crippen LogP contribution in [0.4, 0.5) is 0 Å². The zero-order chi connectivity index (χ0) is 42.4. The zero-order valence-corrected chi connectivity index (χ0v) is 35.4. The lowest BCUT2D eigenvalue weighted by atomic mass is 9.81. The number of aliphatic hydroxyl groups excluding tert-OH is 3. The van der Waals surface area contributed by atoms with Gasteiger partial charge in [0.2, 0.25) is 5.79 Å². The number of amides is 1. The summed E-state index contributed by atoms with van der Waals surface area (Å²) in [4.78, 5) is 57.7. The molecule has 0 aromatic heterocycles. The van der Waals surface area contributed by atoms with Crippen LogP contribution < -0.4 is 0 Å². The van der Waals surface area contributed by atoms with Crippen molar-refractivity contribution in [1.82, 2.24) is 4.90 Å². The third-order valence-electron chi connectivity index (χ3n) is 13.2. The molecule has 57 heavy (non-hydrogen) atoms. The maximum Gasteiger partial charge on any atom is 0.329 e. The van der Waals surface area contributed by atoms with Gasteiger partial charge in [-0.05, 0) is 94.6 Å². The van der Waals surface area contributed by atoms with Crippen molar-refractivity contribution in [1.29, 1.82) is 0 Å². The topological polar surface area (TPSA) is 199 Å². The van der Waals surface area contributed by atoms with Crippen LogP contribution in [0.25, 0.3) is 0 Å². The monoisotopic (exact) mass is 807 g/mol. The fourth-order valence-corrected chi connectivity index (χ4v) is 9.31. The molecule has 1 saturated carbocycles. The van der Waals surface area contributed by atoms with Crippen LogP contribution in [0.2, 0.25) is 0 Å². The van der Waals surface area contributed by atoms with Gasteiger partial charge in [-0.15, -0.1) is 0 Å². The molecule has 324 valence electrons. The van der Waals surface area contributed by atoms with Crippen molar-refractivity contribution in [3.63, 3.8) is 0 Å². The second-order valence-corrected chi connectivity index (χ2v) is 17.2. The van der Waals surface area contributed by atoms with Crippen LogP contribution in [0.3, 0.4) is 0 Å². The number of hydrogen-bond donors (Lipinski definition) is 4. The molecule has 4 rings (SSSR count). The predicted molar refractivity (Wildman–Crippen MR) is 209 cm³/mol. The fraction of sp³-hybridized carbons (Fsp3) is 0.814. The Morgan fingerprint density at radius 2 is 1.56 bits per heavy atom. The minimum absolute atomic E-state index is 0.0255. The molecule has 3 aliphatic heterocycles. The number of fused-ring (bicyclic) bond motifs is 3. The smallest absolute Gasteiger partial charge is 0.329 e. The van der Waals surface area contributed by atoms with Crippen molar-refractivity contribution in [2.75, 3.05) is 27.9 Å². The molecule has 1 aliphatic carbocycles. The predicted octanol–water partition coefficient (Wildman–Crippen LogP) is 3.44. The SMILES string of the molecule is CC[C@@H]1/C=C(\C)[C@@H](O)[C@@H](C)C[C@H](OC)[C@H]2O[C@@](O)(C(=O)C(=O)N3CCCC[C@H]3C(=O)O[C@H](/C(C)=C/C3CC[C@@H](O)[C@H](OC)C3)[C@H](C)[C@@H](O)CC1=O)[C@H](C)C[C@@H]2OC. The van der Waals surface area contributed by atoms with E-state index in [-0.39, 0.29) is 50.0 Å². The number of cyclic esters (lactones) is 1. The highest BCUT2D eigenvalue weighted by atomic mass is 16.7. The molecule has 15 atom stereocenters. The van der Waals surface area contributed by atoms with Gasteiger partial charge in [0.25, 0.3) is 11.7 Å². The molecule has 0 spiro atoms. The lowest BCUT2D eigenvalue weighted by Crippen LogP contribution is -2.64. The van der Waals surface area contributed by atoms with Crippen LogP contribution in [0.5, 0.6) is 0 Å². The van der Waals surface area contributed by atoms with Crippen molar-refractivity contribution >= 4 is 23.4 Å². The third-order valence-corrected chi connectivity index (χ3v) is 13.2. The molecule has 0 aromatic rings. The number of ether oxygens (including phenoxy) is 5. The molecule has 3 fully saturated rings. The van der Waals surface area contributed by atoms with Gasteiger partial charge in [-0.2, -0.15) is 0 Å². The number of allylic oxidation sites excluding steroid dienone is 2. The number of methoxy groups -OCH3 is 3. The van der Waals surface area contributed by atoms with Crippen molar-refractivity contribution < 1.29 is 63.3 Å². The molecule has 4 N–H and O–H groups in total. The summed E-state index contributed by atoms with van der Waals surface area (Å²) in [7, 11) is 4.49. The normalized spacial score (nSPS) is 42.4. The van der Waals surface area contributed by atoms with Gasteiger partial charge in [0, 0.05) is 52.0 Å². The Hall–Kier alpha value is -2.56. The van der Waals surface area contributed by atoms with Crippen molar-refractivity contribution in [2.45, 2.75) is 166 Å². The van der Waals surface area contributed by atoms with Crippen LogP contribution in [-0.4, -0.2) is 137 Å². The average molecular weight is 808 g/mol. The van der Waals surface area contributed by atoms with Crippen molar-refractivity contribution in [3.05, 3.63) is 23.3 Å². The summed E-state index contributed by atoms with van der Waals surface area (Å²) in [6, 6.07) is -1.16. The van der Waals surface area contributed by atoms with Gasteiger partial charge in [0.05, 0.1) is 36.6 Å². The quantitative estimate of drug-likeness (QED) is 0.173. The first kappa shape index (κ1) is 47.1. The molecule has 1 unspecified atom stereocenters. The summed E-state index contributed by atoms with van der Waals surface area (Å²) in [6.07, 6.45) is 0.618. The molecule has 2 bridgehead atoms. The standard InChI is InChI=1S/C43H69NO13/c1-10-29-18-23(2)37(48)24(3)19-35(54-8)39-36(55-9)20-26(5)43(52,57-39)40(49)41(50)44-16-12-11-13-30(44)42(51)56-38(27(6)32(46)22-33(29)47)25(4)17-28-14-15-31(45)34(21-28)53-7/h17-18,24,26-32,34-39,45-46,48,52H,10-16,19-22H2,1-9H3/b23-18+,25-17+/t24-,26+,27+,28?,29+,30-,31+,32-,34+,35-,36-,37+,38+,39+,43+/m0/s1. The van der Waals surface area contributed by atoms with Crippen LogP contribution in [0.15, 0.2) is 23.3 Å². The summed E-state index contributed by atoms with van der Waals surface area (Å²) < 4.78 is 29.6. The van der Waals surface area contributed by atoms with Gasteiger partial charge in [0.1, 0.15) is 24.0 Å². The molecule has 0 aromatic carbocycles. The van der Waals surface area contributed by atoms with Gasteiger partial charge in [-0.3, -0.25) is 14.4 Å². The maximum atomic E-state index is 14.3. The van der Waals surface area contributed by atoms with Gasteiger partial charge in [0.15, 0.2) is 0 Å². The first-order valence-corrected chi connectivity index (χ1v) is 20.9. The van der Waals surface area contributed by atoms with E-state index in [0.717, 1.165) is 4.90 Å². The number of aliphatic hydroxyl groups is 4. The lowest BCUT2D eigenvalue weighted by Gasteiger charge is -2.47. The van der Waals surface area contributed by atoms with Crippen molar-refractivity contribution in [2.24, 2.45) is 29.6 Å². The Balaban J connectivity index is 1.79. The van der Waals surface area contributed by atoms with Gasteiger partial charge in [-0.1, -0.05) is 39.8 Å². The Labute approximate surface area is 338 Å². The van der Waals surface area contributed by atoms with E-state index in [1.165, 1.54) is 14.2 Å². The number of hydrogen-bond acceptors (Lipinski definition) is 13. The molecule has 4 aliphatic rings. The van der Waals surface area contributed by atoms with E-state index in [9.17, 15) is 39.6 Å². The highest BCUT2D eigenvalue weighted by molar-refractivity contribution is 6.39. The molecule has 14 nitrogen and oxygen atoms in total. The van der Waals surface area contributed by atoms with Crippen molar-refractivity contribution in [3.8, 4) is 0 Å². The summed E-state index contributed by atoms with van der Waals surface area (Å²) in [5.74, 6) is -8.59. The molecule has 2 saturated heterocycles. The van der Waals surface area contributed by atoms with Gasteiger partial charge in [-0.25, -0.2) is 4.79 Å². The Morgan fingerprint density at radius 3 is 2.19 bits per heavy atom. The number of rotatable bonds is 6. The molecule has 14 heteroatoms. The number of esters is 1. The van der Waals surface area contributed by atoms with Crippen LogP contribution in [0, 0.1) is 29.6 Å². The minimum Gasteiger partial charge on any atom is -0.456 e. The molecule has 0 radical (unpaired) electrons. The fourth-order valence-electron chi connectivity index (χ4n) is 9.31. The second kappa shape index (κ2) is 20.6. The molecular formula is C43H69NO13. The first-order valence-electron chi connectivity index (χ1n) is 20.9. The summed E-state index contributed by atoms with van der Waals surface area (Å²) in [5, 5.41) is 45.6. The van der Waals surface area contributed by atoms with E-state index in [0.29, 0.717) is 49.7 Å². The highest BCUT2D eigenvalue weighted by Crippen LogP contribution is 2.39. The number of carbonyl (C=O) groups is 4. The Morgan fingerprint density at radius 1 is 0.912 bits per heavy atom. The van der Waals surface area contributed by atoms with E-state index in [4.69, 9.17) is 23.7 Å². The van der Waals surface area contributed by atoms with E-state index < -0.39 is 95.9 Å². The number of carbonyl (C=O) groups excluding carboxylic acids is 4. The Bertz CT molecular complexity index is 1470. The van der Waals surface area contributed by atoms with Crippen LogP contribution in [-0.2, 0) is 42.9 Å². The van der Waals surface area contributed by atoms with Crippen LogP contribution >= 0.6 is 0 Å². The van der Waals surface area contributed by atoms with E-state index in [1.807, 2.05) is 19.9 Å². The summed E-state index contributed by atoms with van der Waals surface area (Å²) in [6.45, 7) is 10.6. The van der Waals surface area contributed by atoms with E-state index in [1.54, 1.807) is 40.9 Å².